The molecule has 0 atom stereocenters. The molecule has 0 aliphatic carbocycles. The second-order valence-electron chi connectivity index (χ2n) is 5.76. The fourth-order valence-corrected chi connectivity index (χ4v) is 3.54. The molecule has 150 valence electrons. The lowest BCUT2D eigenvalue weighted by Gasteiger charge is -2.29. The van der Waals surface area contributed by atoms with Gasteiger partial charge in [0.25, 0.3) is 11.8 Å². The van der Waals surface area contributed by atoms with Crippen molar-refractivity contribution in [2.45, 2.75) is 0 Å². The summed E-state index contributed by atoms with van der Waals surface area (Å²) in [6.45, 7) is 0. The number of carbonyl (C=O) groups is 2. The van der Waals surface area contributed by atoms with Crippen molar-refractivity contribution in [2.75, 3.05) is 19.1 Å². The molecule has 10 heteroatoms. The zero-order valence-corrected chi connectivity index (χ0v) is 18.2. The Morgan fingerprint density at radius 3 is 2.34 bits per heavy atom. The van der Waals surface area contributed by atoms with E-state index in [9.17, 15) is 9.59 Å². The van der Waals surface area contributed by atoms with Gasteiger partial charge in [-0.3, -0.25) is 19.8 Å². The molecule has 0 spiro atoms. The van der Waals surface area contributed by atoms with Crippen molar-refractivity contribution in [1.29, 1.82) is 0 Å². The van der Waals surface area contributed by atoms with Crippen molar-refractivity contribution >= 4 is 75.7 Å². The van der Waals surface area contributed by atoms with Gasteiger partial charge in [-0.2, -0.15) is 0 Å². The number of thiocarbonyl (C=S) groups is 1. The maximum atomic E-state index is 13.1. The van der Waals surface area contributed by atoms with Gasteiger partial charge in [-0.05, 0) is 42.1 Å². The van der Waals surface area contributed by atoms with E-state index in [0.717, 1.165) is 4.90 Å². The molecule has 6 nitrogen and oxygen atoms in total. The van der Waals surface area contributed by atoms with Crippen LogP contribution in [-0.4, -0.2) is 31.1 Å². The summed E-state index contributed by atoms with van der Waals surface area (Å²) in [7, 11) is 2.93. The third-order valence-corrected chi connectivity index (χ3v) is 5.50. The molecule has 1 heterocycles. The molecular weight excluding hydrogens is 459 g/mol. The Hall–Kier alpha value is -2.32. The molecule has 0 radical (unpaired) electrons. The molecule has 2 aromatic rings. The zero-order chi connectivity index (χ0) is 21.3. The number of ether oxygens (including phenoxy) is 2. The number of hydrogen-bond donors (Lipinski definition) is 1. The minimum Gasteiger partial charge on any atom is -0.493 e. The van der Waals surface area contributed by atoms with Crippen LogP contribution in [0, 0.1) is 0 Å². The molecule has 0 saturated carbocycles. The van der Waals surface area contributed by atoms with Gasteiger partial charge in [0.2, 0.25) is 0 Å². The number of carbonyl (C=O) groups excluding carboxylic acids is 2. The van der Waals surface area contributed by atoms with E-state index in [0.29, 0.717) is 17.1 Å². The minimum absolute atomic E-state index is 0.111. The van der Waals surface area contributed by atoms with Gasteiger partial charge in [-0.25, -0.2) is 0 Å². The van der Waals surface area contributed by atoms with Gasteiger partial charge in [0.15, 0.2) is 16.6 Å². The van der Waals surface area contributed by atoms with Gasteiger partial charge in [0.05, 0.1) is 35.0 Å². The maximum absolute atomic E-state index is 13.1. The Bertz CT molecular complexity index is 1070. The molecule has 0 bridgehead atoms. The lowest BCUT2D eigenvalue weighted by molar-refractivity contribution is -0.122. The van der Waals surface area contributed by atoms with Crippen LogP contribution < -0.4 is 19.7 Å². The molecule has 0 unspecified atom stereocenters. The number of nitrogens with one attached hydrogen (secondary N) is 1. The van der Waals surface area contributed by atoms with Gasteiger partial charge in [-0.1, -0.05) is 40.9 Å². The highest BCUT2D eigenvalue weighted by Gasteiger charge is 2.36. The van der Waals surface area contributed by atoms with Gasteiger partial charge in [0, 0.05) is 6.07 Å². The van der Waals surface area contributed by atoms with Crippen LogP contribution in [-0.2, 0) is 9.59 Å². The average Bonchev–Trinajstić information content (AvgIpc) is 2.68. The molecule has 2 aromatic carbocycles. The highest BCUT2D eigenvalue weighted by atomic mass is 35.5. The number of halogens is 3. The highest BCUT2D eigenvalue weighted by molar-refractivity contribution is 7.80. The SMILES string of the molecule is COc1cc(Cl)c(C=C2C(=O)NC(=S)N(c3cccc(Cl)c3Cl)C2=O)cc1OC. The summed E-state index contributed by atoms with van der Waals surface area (Å²) in [6.07, 6.45) is 1.34. The summed E-state index contributed by atoms with van der Waals surface area (Å²) in [5.74, 6) is -0.542. The lowest BCUT2D eigenvalue weighted by atomic mass is 10.1. The number of rotatable bonds is 4. The van der Waals surface area contributed by atoms with Crippen molar-refractivity contribution in [3.8, 4) is 11.5 Å². The molecule has 0 aromatic heterocycles. The topological polar surface area (TPSA) is 67.9 Å². The zero-order valence-electron chi connectivity index (χ0n) is 15.1. The van der Waals surface area contributed by atoms with Crippen LogP contribution in [0.2, 0.25) is 15.1 Å². The standard InChI is InChI=1S/C19H13Cl3N2O4S/c1-27-14-7-9(12(21)8-15(14)28-2)6-10-17(25)23-19(29)24(18(10)26)13-5-3-4-11(20)16(13)22/h3-8H,1-2H3,(H,23,25,29). The van der Waals surface area contributed by atoms with Crippen molar-refractivity contribution in [1.82, 2.24) is 5.32 Å². The van der Waals surface area contributed by atoms with Gasteiger partial charge in [0.1, 0.15) is 5.57 Å². The van der Waals surface area contributed by atoms with Gasteiger partial charge < -0.3 is 9.47 Å². The number of benzene rings is 2. The quantitative estimate of drug-likeness (QED) is 0.404. The Morgan fingerprint density at radius 1 is 1.03 bits per heavy atom. The van der Waals surface area contributed by atoms with Crippen molar-refractivity contribution in [3.63, 3.8) is 0 Å². The molecule has 1 aliphatic heterocycles. The van der Waals surface area contributed by atoms with Crippen molar-refractivity contribution in [2.24, 2.45) is 0 Å². The third-order valence-electron chi connectivity index (χ3n) is 4.08. The Kier molecular flexibility index (Phi) is 6.33. The molecule has 29 heavy (non-hydrogen) atoms. The van der Waals surface area contributed by atoms with E-state index in [4.69, 9.17) is 56.5 Å². The molecule has 1 N–H and O–H groups in total. The number of amides is 2. The van der Waals surface area contributed by atoms with Crippen LogP contribution in [0.4, 0.5) is 5.69 Å². The van der Waals surface area contributed by atoms with E-state index in [1.165, 1.54) is 26.4 Å². The van der Waals surface area contributed by atoms with E-state index in [-0.39, 0.29) is 31.4 Å². The fraction of sp³-hybridized carbons (Fsp3) is 0.105. The normalized spacial score (nSPS) is 15.6. The molecule has 1 aliphatic rings. The molecular formula is C19H13Cl3N2O4S. The van der Waals surface area contributed by atoms with E-state index < -0.39 is 11.8 Å². The summed E-state index contributed by atoms with van der Waals surface area (Å²) in [5.41, 5.74) is 0.440. The second-order valence-corrected chi connectivity index (χ2v) is 7.34. The second kappa shape index (κ2) is 8.59. The van der Waals surface area contributed by atoms with Crippen LogP contribution >= 0.6 is 47.0 Å². The smallest absolute Gasteiger partial charge is 0.270 e. The Balaban J connectivity index is 2.10. The van der Waals surface area contributed by atoms with Crippen molar-refractivity contribution in [3.05, 3.63) is 56.5 Å². The van der Waals surface area contributed by atoms with Crippen LogP contribution in [0.1, 0.15) is 5.56 Å². The number of hydrogen-bond acceptors (Lipinski definition) is 5. The predicted molar refractivity (Wildman–Crippen MR) is 117 cm³/mol. The first-order valence-electron chi connectivity index (χ1n) is 8.05. The highest BCUT2D eigenvalue weighted by Crippen LogP contribution is 2.36. The largest absolute Gasteiger partial charge is 0.493 e. The van der Waals surface area contributed by atoms with Crippen LogP contribution in [0.25, 0.3) is 6.08 Å². The first-order chi connectivity index (χ1) is 13.8. The fourth-order valence-electron chi connectivity index (χ4n) is 2.68. The third kappa shape index (κ3) is 4.04. The molecule has 3 rings (SSSR count). The number of nitrogens with zero attached hydrogens (tertiary/aromatic N) is 1. The predicted octanol–water partition coefficient (Wildman–Crippen LogP) is 4.50. The Morgan fingerprint density at radius 2 is 1.69 bits per heavy atom. The van der Waals surface area contributed by atoms with Crippen LogP contribution in [0.15, 0.2) is 35.9 Å². The average molecular weight is 472 g/mol. The van der Waals surface area contributed by atoms with Crippen LogP contribution in [0.5, 0.6) is 11.5 Å². The van der Waals surface area contributed by atoms with Gasteiger partial charge in [-0.15, -0.1) is 0 Å². The first kappa shape index (κ1) is 21.4. The van der Waals surface area contributed by atoms with Crippen LogP contribution in [0.3, 0.4) is 0 Å². The van der Waals surface area contributed by atoms with Crippen molar-refractivity contribution < 1.29 is 19.1 Å². The molecule has 1 saturated heterocycles. The molecule has 1 fully saturated rings. The summed E-state index contributed by atoms with van der Waals surface area (Å²) in [6, 6.07) is 7.83. The summed E-state index contributed by atoms with van der Waals surface area (Å²) in [5, 5.41) is 2.99. The summed E-state index contributed by atoms with van der Waals surface area (Å²) >= 11 is 23.7. The maximum Gasteiger partial charge on any atom is 0.270 e. The minimum atomic E-state index is -0.672. The van der Waals surface area contributed by atoms with E-state index >= 15 is 0 Å². The van der Waals surface area contributed by atoms with Gasteiger partial charge >= 0.3 is 0 Å². The van der Waals surface area contributed by atoms with E-state index in [1.807, 2.05) is 0 Å². The summed E-state index contributed by atoms with van der Waals surface area (Å²) < 4.78 is 10.4. The lowest BCUT2D eigenvalue weighted by Crippen LogP contribution is -2.54. The monoisotopic (exact) mass is 470 g/mol. The number of methoxy groups -OCH3 is 2. The van der Waals surface area contributed by atoms with E-state index in [2.05, 4.69) is 5.32 Å². The first-order valence-corrected chi connectivity index (χ1v) is 9.59. The summed E-state index contributed by atoms with van der Waals surface area (Å²) in [4.78, 5) is 26.7. The molecule has 2 amide bonds. The Labute approximate surface area is 186 Å². The number of anilines is 1. The van der Waals surface area contributed by atoms with E-state index in [1.54, 1.807) is 24.3 Å².